The van der Waals surface area contributed by atoms with Gasteiger partial charge in [-0.25, -0.2) is 0 Å². The van der Waals surface area contributed by atoms with E-state index in [1.165, 1.54) is 16.5 Å². The molecule has 0 saturated heterocycles. The van der Waals surface area contributed by atoms with Gasteiger partial charge in [0.2, 0.25) is 0 Å². The van der Waals surface area contributed by atoms with Gasteiger partial charge in [-0.1, -0.05) is 55.8 Å². The van der Waals surface area contributed by atoms with Crippen LogP contribution in [-0.2, 0) is 5.41 Å². The maximum atomic E-state index is 6.39. The van der Waals surface area contributed by atoms with Gasteiger partial charge in [0.15, 0.2) is 0 Å². The van der Waals surface area contributed by atoms with E-state index in [-0.39, 0.29) is 5.41 Å². The molecule has 1 aliphatic carbocycles. The third-order valence-electron chi connectivity index (χ3n) is 4.13. The number of rotatable bonds is 0. The fraction of sp³-hybridized carbons (Fsp3) is 0.176. The summed E-state index contributed by atoms with van der Waals surface area (Å²) in [5, 5.41) is 1.96. The van der Waals surface area contributed by atoms with Crippen LogP contribution in [0.25, 0.3) is 22.3 Å². The maximum Gasteiger partial charge on any atom is 0.141 e. The van der Waals surface area contributed by atoms with Crippen LogP contribution in [0.3, 0.4) is 0 Å². The lowest BCUT2D eigenvalue weighted by Gasteiger charge is -2.20. The van der Waals surface area contributed by atoms with Gasteiger partial charge in [0.25, 0.3) is 0 Å². The molecule has 1 nitrogen and oxygen atoms in total. The van der Waals surface area contributed by atoms with E-state index in [2.05, 4.69) is 32.0 Å². The molecule has 2 aromatic carbocycles. The van der Waals surface area contributed by atoms with Gasteiger partial charge in [0.1, 0.15) is 11.3 Å². The number of hydrogen-bond acceptors (Lipinski definition) is 1. The van der Waals surface area contributed by atoms with E-state index < -0.39 is 0 Å². The largest absolute Gasteiger partial charge is 0.456 e. The van der Waals surface area contributed by atoms with E-state index in [1.54, 1.807) is 0 Å². The quantitative estimate of drug-likeness (QED) is 0.533. The number of fused-ring (bicyclic) bond motifs is 5. The Bertz CT molecular complexity index is 811. The summed E-state index contributed by atoms with van der Waals surface area (Å²) in [5.41, 5.74) is 4.43. The predicted octanol–water partition coefficient (Wildman–Crippen LogP) is 5.39. The summed E-state index contributed by atoms with van der Waals surface area (Å²) in [6, 6.07) is 14.3. The van der Waals surface area contributed by atoms with E-state index in [4.69, 9.17) is 16.0 Å². The van der Waals surface area contributed by atoms with Gasteiger partial charge >= 0.3 is 0 Å². The van der Waals surface area contributed by atoms with Crippen LogP contribution >= 0.6 is 11.6 Å². The average molecular weight is 269 g/mol. The molecule has 0 bridgehead atoms. The van der Waals surface area contributed by atoms with Crippen molar-refractivity contribution in [3.8, 4) is 11.3 Å². The minimum Gasteiger partial charge on any atom is -0.456 e. The summed E-state index contributed by atoms with van der Waals surface area (Å²) in [5.74, 6) is 0.937. The van der Waals surface area contributed by atoms with Gasteiger partial charge in [-0.05, 0) is 17.7 Å². The molecule has 0 aliphatic heterocycles. The summed E-state index contributed by atoms with van der Waals surface area (Å²) in [6.45, 7) is 4.46. The lowest BCUT2D eigenvalue weighted by atomic mass is 9.81. The molecule has 0 fully saturated rings. The van der Waals surface area contributed by atoms with Crippen LogP contribution in [0.2, 0.25) is 5.02 Å². The molecular weight excluding hydrogens is 256 g/mol. The Kier molecular flexibility index (Phi) is 2.01. The SMILES string of the molecule is CC1(C)c2cccc(Cl)c2-c2oc3ccccc3c21. The highest BCUT2D eigenvalue weighted by Crippen LogP contribution is 2.54. The van der Waals surface area contributed by atoms with Gasteiger partial charge in [-0.15, -0.1) is 0 Å². The summed E-state index contributed by atoms with van der Waals surface area (Å²) < 4.78 is 6.07. The van der Waals surface area contributed by atoms with Crippen LogP contribution in [-0.4, -0.2) is 0 Å². The minimum absolute atomic E-state index is 0.0673. The number of benzene rings is 2. The second kappa shape index (κ2) is 3.43. The van der Waals surface area contributed by atoms with E-state index in [9.17, 15) is 0 Å². The van der Waals surface area contributed by atoms with Gasteiger partial charge in [-0.3, -0.25) is 0 Å². The summed E-state index contributed by atoms with van der Waals surface area (Å²) in [7, 11) is 0. The molecule has 0 spiro atoms. The lowest BCUT2D eigenvalue weighted by Crippen LogP contribution is -2.14. The Morgan fingerprint density at radius 1 is 1.00 bits per heavy atom. The van der Waals surface area contributed by atoms with Crippen molar-refractivity contribution in [1.82, 2.24) is 0 Å². The molecule has 0 radical (unpaired) electrons. The monoisotopic (exact) mass is 268 g/mol. The highest BCUT2D eigenvalue weighted by atomic mass is 35.5. The molecule has 2 heteroatoms. The molecule has 1 aromatic heterocycles. The van der Waals surface area contributed by atoms with Gasteiger partial charge in [0.05, 0.1) is 5.02 Å². The zero-order valence-corrected chi connectivity index (χ0v) is 11.6. The van der Waals surface area contributed by atoms with Crippen molar-refractivity contribution >= 4 is 22.6 Å². The molecule has 0 atom stereocenters. The summed E-state index contributed by atoms with van der Waals surface area (Å²) in [4.78, 5) is 0. The van der Waals surface area contributed by atoms with E-state index in [0.717, 1.165) is 21.9 Å². The normalized spacial score (nSPS) is 15.5. The van der Waals surface area contributed by atoms with Crippen LogP contribution in [0.5, 0.6) is 0 Å². The first-order valence-corrected chi connectivity index (χ1v) is 6.80. The lowest BCUT2D eigenvalue weighted by molar-refractivity contribution is 0.619. The fourth-order valence-corrected chi connectivity index (χ4v) is 3.51. The first kappa shape index (κ1) is 11.1. The van der Waals surface area contributed by atoms with Crippen LogP contribution in [0.4, 0.5) is 0 Å². The van der Waals surface area contributed by atoms with Gasteiger partial charge < -0.3 is 4.42 Å². The summed E-state index contributed by atoms with van der Waals surface area (Å²) >= 11 is 6.39. The zero-order valence-electron chi connectivity index (χ0n) is 10.8. The van der Waals surface area contributed by atoms with Gasteiger partial charge in [0, 0.05) is 21.9 Å². The van der Waals surface area contributed by atoms with E-state index in [0.29, 0.717) is 0 Å². The second-order valence-corrected chi connectivity index (χ2v) is 6.00. The van der Waals surface area contributed by atoms with Crippen molar-refractivity contribution in [2.24, 2.45) is 0 Å². The Morgan fingerprint density at radius 2 is 1.79 bits per heavy atom. The molecular formula is C17H13ClO. The molecule has 1 heterocycles. The fourth-order valence-electron chi connectivity index (χ4n) is 3.25. The molecule has 0 saturated carbocycles. The molecule has 19 heavy (non-hydrogen) atoms. The molecule has 4 rings (SSSR count). The Morgan fingerprint density at radius 3 is 2.63 bits per heavy atom. The first-order valence-electron chi connectivity index (χ1n) is 6.42. The average Bonchev–Trinajstić information content (AvgIpc) is 2.86. The van der Waals surface area contributed by atoms with E-state index in [1.807, 2.05) is 24.3 Å². The van der Waals surface area contributed by atoms with Crippen LogP contribution < -0.4 is 0 Å². The Balaban J connectivity index is 2.22. The van der Waals surface area contributed by atoms with Crippen molar-refractivity contribution < 1.29 is 4.42 Å². The molecule has 3 aromatic rings. The van der Waals surface area contributed by atoms with Gasteiger partial charge in [-0.2, -0.15) is 0 Å². The highest BCUT2D eigenvalue weighted by Gasteiger charge is 2.41. The van der Waals surface area contributed by atoms with Crippen LogP contribution in [0.1, 0.15) is 25.0 Å². The van der Waals surface area contributed by atoms with Crippen molar-refractivity contribution in [3.63, 3.8) is 0 Å². The third-order valence-corrected chi connectivity index (χ3v) is 4.45. The molecule has 0 N–H and O–H groups in total. The standard InChI is InChI=1S/C17H13ClO/c1-17(2)11-7-5-8-12(18)14(11)16-15(17)10-6-3-4-9-13(10)19-16/h3-9H,1-2H3. The number of hydrogen-bond donors (Lipinski definition) is 0. The molecule has 0 amide bonds. The zero-order chi connectivity index (χ0) is 13.2. The third kappa shape index (κ3) is 1.26. The second-order valence-electron chi connectivity index (χ2n) is 5.59. The minimum atomic E-state index is -0.0673. The highest BCUT2D eigenvalue weighted by molar-refractivity contribution is 6.33. The maximum absolute atomic E-state index is 6.39. The molecule has 1 aliphatic rings. The first-order chi connectivity index (χ1) is 9.10. The molecule has 0 unspecified atom stereocenters. The van der Waals surface area contributed by atoms with Crippen molar-refractivity contribution in [2.75, 3.05) is 0 Å². The summed E-state index contributed by atoms with van der Waals surface area (Å²) in [6.07, 6.45) is 0. The van der Waals surface area contributed by atoms with Crippen molar-refractivity contribution in [1.29, 1.82) is 0 Å². The smallest absolute Gasteiger partial charge is 0.141 e. The number of halogens is 1. The number of furan rings is 1. The molecule has 94 valence electrons. The topological polar surface area (TPSA) is 13.1 Å². The van der Waals surface area contributed by atoms with E-state index >= 15 is 0 Å². The Labute approximate surface area is 116 Å². The van der Waals surface area contributed by atoms with Crippen molar-refractivity contribution in [3.05, 3.63) is 58.6 Å². The van der Waals surface area contributed by atoms with Crippen LogP contribution in [0.15, 0.2) is 46.9 Å². The Hall–Kier alpha value is -1.73. The van der Waals surface area contributed by atoms with Crippen LogP contribution in [0, 0.1) is 0 Å². The van der Waals surface area contributed by atoms with Crippen molar-refractivity contribution in [2.45, 2.75) is 19.3 Å². The number of para-hydroxylation sites is 1. The predicted molar refractivity (Wildman–Crippen MR) is 78.8 cm³/mol.